The van der Waals surface area contributed by atoms with Crippen molar-refractivity contribution < 1.29 is 19.1 Å². The van der Waals surface area contributed by atoms with Crippen LogP contribution in [0.15, 0.2) is 47.5 Å². The smallest absolute Gasteiger partial charge is 0.414 e. The molecule has 3 aromatic rings. The maximum Gasteiger partial charge on any atom is 0.414 e. The van der Waals surface area contributed by atoms with E-state index in [1.807, 2.05) is 36.4 Å². The summed E-state index contributed by atoms with van der Waals surface area (Å²) in [6.07, 6.45) is 2.98. The van der Waals surface area contributed by atoms with Crippen LogP contribution >= 0.6 is 11.8 Å². The van der Waals surface area contributed by atoms with Gasteiger partial charge in [-0.2, -0.15) is 0 Å². The van der Waals surface area contributed by atoms with Gasteiger partial charge in [0.25, 0.3) is 0 Å². The van der Waals surface area contributed by atoms with Gasteiger partial charge in [0.05, 0.1) is 35.6 Å². The number of amides is 2. The van der Waals surface area contributed by atoms with Gasteiger partial charge in [-0.15, -0.1) is 11.8 Å². The van der Waals surface area contributed by atoms with E-state index in [1.54, 1.807) is 18.2 Å². The van der Waals surface area contributed by atoms with E-state index in [-0.39, 0.29) is 18.0 Å². The number of benzene rings is 1. The van der Waals surface area contributed by atoms with E-state index >= 15 is 0 Å². The second-order valence-electron chi connectivity index (χ2n) is 8.10. The summed E-state index contributed by atoms with van der Waals surface area (Å²) >= 11 is 1.50. The third-order valence-corrected chi connectivity index (χ3v) is 6.99. The SMILES string of the molecule is COc1ccc2nccc(CCNCC[C@H]3COC(=O)N3c3ccc4c(c3)NC(=O)CS4)c2n1. The van der Waals surface area contributed by atoms with Crippen LogP contribution in [0.5, 0.6) is 5.88 Å². The summed E-state index contributed by atoms with van der Waals surface area (Å²) in [5, 5.41) is 6.34. The summed E-state index contributed by atoms with van der Waals surface area (Å²) in [5.41, 5.74) is 4.27. The zero-order valence-corrected chi connectivity index (χ0v) is 19.6. The van der Waals surface area contributed by atoms with Crippen LogP contribution in [0.25, 0.3) is 11.0 Å². The number of carbonyl (C=O) groups is 2. The lowest BCUT2D eigenvalue weighted by Crippen LogP contribution is -2.36. The molecule has 2 aromatic heterocycles. The normalized spacial score (nSPS) is 17.4. The Balaban J connectivity index is 1.18. The van der Waals surface area contributed by atoms with Gasteiger partial charge in [0, 0.05) is 22.8 Å². The number of carbonyl (C=O) groups excluding carboxylic acids is 2. The molecule has 0 unspecified atom stereocenters. The number of anilines is 2. The first-order valence-corrected chi connectivity index (χ1v) is 12.1. The molecular weight excluding hydrogens is 454 g/mol. The maximum atomic E-state index is 12.4. The molecule has 2 amide bonds. The summed E-state index contributed by atoms with van der Waals surface area (Å²) in [4.78, 5) is 35.8. The average Bonchev–Trinajstić information content (AvgIpc) is 3.23. The van der Waals surface area contributed by atoms with Crippen LogP contribution in [0.4, 0.5) is 16.2 Å². The molecule has 1 aromatic carbocycles. The third-order valence-electron chi connectivity index (χ3n) is 5.91. The van der Waals surface area contributed by atoms with Crippen molar-refractivity contribution >= 4 is 46.2 Å². The van der Waals surface area contributed by atoms with Crippen LogP contribution in [0.3, 0.4) is 0 Å². The van der Waals surface area contributed by atoms with E-state index in [9.17, 15) is 9.59 Å². The lowest BCUT2D eigenvalue weighted by molar-refractivity contribution is -0.113. The van der Waals surface area contributed by atoms with Gasteiger partial charge in [-0.3, -0.25) is 14.7 Å². The molecule has 176 valence electrons. The lowest BCUT2D eigenvalue weighted by atomic mass is 10.1. The molecule has 2 N–H and O–H groups in total. The van der Waals surface area contributed by atoms with Crippen molar-refractivity contribution in [3.63, 3.8) is 0 Å². The van der Waals surface area contributed by atoms with E-state index in [2.05, 4.69) is 20.6 Å². The Morgan fingerprint density at radius 2 is 2.15 bits per heavy atom. The Labute approximate surface area is 201 Å². The van der Waals surface area contributed by atoms with Crippen molar-refractivity contribution in [2.24, 2.45) is 0 Å². The largest absolute Gasteiger partial charge is 0.481 e. The highest BCUT2D eigenvalue weighted by Gasteiger charge is 2.34. The van der Waals surface area contributed by atoms with Gasteiger partial charge in [0.15, 0.2) is 0 Å². The number of aromatic nitrogens is 2. The molecule has 2 aliphatic heterocycles. The van der Waals surface area contributed by atoms with E-state index in [4.69, 9.17) is 9.47 Å². The summed E-state index contributed by atoms with van der Waals surface area (Å²) in [6, 6.07) is 11.3. The molecule has 10 heteroatoms. The Hall–Kier alpha value is -3.37. The van der Waals surface area contributed by atoms with Crippen LogP contribution in [0, 0.1) is 0 Å². The van der Waals surface area contributed by atoms with Crippen molar-refractivity contribution in [2.45, 2.75) is 23.8 Å². The van der Waals surface area contributed by atoms with Crippen molar-refractivity contribution in [2.75, 3.05) is 42.8 Å². The Kier molecular flexibility index (Phi) is 6.50. The number of cyclic esters (lactones) is 1. The second-order valence-corrected chi connectivity index (χ2v) is 9.12. The zero-order chi connectivity index (χ0) is 23.5. The monoisotopic (exact) mass is 479 g/mol. The van der Waals surface area contributed by atoms with Gasteiger partial charge in [0.1, 0.15) is 6.61 Å². The van der Waals surface area contributed by atoms with Crippen molar-refractivity contribution in [1.29, 1.82) is 0 Å². The van der Waals surface area contributed by atoms with Gasteiger partial charge in [-0.1, -0.05) is 0 Å². The van der Waals surface area contributed by atoms with E-state index < -0.39 is 0 Å². The molecule has 1 atom stereocenters. The number of ether oxygens (including phenoxy) is 2. The van der Waals surface area contributed by atoms with Crippen LogP contribution in [-0.4, -0.2) is 60.6 Å². The van der Waals surface area contributed by atoms with E-state index in [0.29, 0.717) is 18.2 Å². The number of fused-ring (bicyclic) bond motifs is 2. The highest BCUT2D eigenvalue weighted by Crippen LogP contribution is 2.36. The van der Waals surface area contributed by atoms with Gasteiger partial charge in [-0.25, -0.2) is 9.78 Å². The van der Waals surface area contributed by atoms with Crippen molar-refractivity contribution in [1.82, 2.24) is 15.3 Å². The van der Waals surface area contributed by atoms with Crippen molar-refractivity contribution in [3.05, 3.63) is 48.2 Å². The summed E-state index contributed by atoms with van der Waals surface area (Å²) in [6.45, 7) is 1.84. The average molecular weight is 480 g/mol. The fraction of sp³-hybridized carbons (Fsp3) is 0.333. The predicted octanol–water partition coefficient (Wildman–Crippen LogP) is 3.23. The number of hydrogen-bond donors (Lipinski definition) is 2. The number of thioether (sulfide) groups is 1. The first-order valence-electron chi connectivity index (χ1n) is 11.1. The second kappa shape index (κ2) is 9.86. The number of rotatable bonds is 8. The number of methoxy groups -OCH3 is 1. The minimum atomic E-state index is -0.358. The Morgan fingerprint density at radius 3 is 3.03 bits per heavy atom. The first kappa shape index (κ1) is 22.4. The van der Waals surface area contributed by atoms with Crippen LogP contribution in [0.1, 0.15) is 12.0 Å². The molecule has 5 rings (SSSR count). The zero-order valence-electron chi connectivity index (χ0n) is 18.7. The summed E-state index contributed by atoms with van der Waals surface area (Å²) in [5.74, 6) is 0.946. The maximum absolute atomic E-state index is 12.4. The highest BCUT2D eigenvalue weighted by atomic mass is 32.2. The first-order chi connectivity index (χ1) is 16.6. The standard InChI is InChI=1S/C24H25N5O4S/c1-32-22-5-3-18-23(28-22)15(7-11-26-18)6-9-25-10-8-17-13-33-24(31)29(17)16-2-4-20-19(12-16)27-21(30)14-34-20/h2-5,7,11-12,17,25H,6,8-10,13-14H2,1H3,(H,27,30)/t17-/m0/s1. The molecule has 2 aliphatic rings. The summed E-state index contributed by atoms with van der Waals surface area (Å²) < 4.78 is 10.6. The van der Waals surface area contributed by atoms with Gasteiger partial charge in [0.2, 0.25) is 11.8 Å². The Bertz CT molecular complexity index is 1240. The quantitative estimate of drug-likeness (QED) is 0.475. The van der Waals surface area contributed by atoms with Crippen LogP contribution in [0.2, 0.25) is 0 Å². The summed E-state index contributed by atoms with van der Waals surface area (Å²) in [7, 11) is 1.60. The van der Waals surface area contributed by atoms with Crippen molar-refractivity contribution in [3.8, 4) is 5.88 Å². The third kappa shape index (κ3) is 4.64. The van der Waals surface area contributed by atoms with E-state index in [1.165, 1.54) is 11.8 Å². The molecule has 0 aliphatic carbocycles. The molecule has 1 saturated heterocycles. The molecule has 0 spiro atoms. The van der Waals surface area contributed by atoms with Crippen LogP contribution in [-0.2, 0) is 16.0 Å². The minimum absolute atomic E-state index is 0.0324. The van der Waals surface area contributed by atoms with Gasteiger partial charge < -0.3 is 20.1 Å². The highest BCUT2D eigenvalue weighted by molar-refractivity contribution is 8.00. The molecule has 0 saturated carbocycles. The Morgan fingerprint density at radius 1 is 1.24 bits per heavy atom. The lowest BCUT2D eigenvalue weighted by Gasteiger charge is -2.24. The number of nitrogens with zero attached hydrogens (tertiary/aromatic N) is 3. The van der Waals surface area contributed by atoms with Crippen LogP contribution < -0.4 is 20.3 Å². The minimum Gasteiger partial charge on any atom is -0.481 e. The number of pyridine rings is 2. The number of nitrogens with one attached hydrogen (secondary N) is 2. The molecule has 1 fully saturated rings. The molecule has 9 nitrogen and oxygen atoms in total. The molecule has 4 heterocycles. The molecule has 0 radical (unpaired) electrons. The molecular formula is C24H25N5O4S. The predicted molar refractivity (Wildman–Crippen MR) is 131 cm³/mol. The number of hydrogen-bond acceptors (Lipinski definition) is 8. The fourth-order valence-electron chi connectivity index (χ4n) is 4.20. The van der Waals surface area contributed by atoms with Gasteiger partial charge in [-0.05, 0) is 61.8 Å². The fourth-order valence-corrected chi connectivity index (χ4v) is 4.99. The van der Waals surface area contributed by atoms with Gasteiger partial charge >= 0.3 is 6.09 Å². The molecule has 34 heavy (non-hydrogen) atoms. The topological polar surface area (TPSA) is 106 Å². The molecule has 0 bridgehead atoms. The van der Waals surface area contributed by atoms with E-state index in [0.717, 1.165) is 58.8 Å².